The molecule has 0 saturated heterocycles. The lowest BCUT2D eigenvalue weighted by molar-refractivity contribution is 0.959. The van der Waals surface area contributed by atoms with E-state index in [2.05, 4.69) is 77.7 Å². The Kier molecular flexibility index (Phi) is 7.34. The van der Waals surface area contributed by atoms with Crippen LogP contribution in [-0.2, 0) is 6.42 Å². The molecule has 4 aromatic carbocycles. The van der Waals surface area contributed by atoms with Crippen molar-refractivity contribution in [3.8, 4) is 0 Å². The van der Waals surface area contributed by atoms with E-state index in [1.54, 1.807) is 6.33 Å². The average Bonchev–Trinajstić information content (AvgIpc) is 3.76. The minimum atomic E-state index is 0.860. The molecule has 0 amide bonds. The van der Waals surface area contributed by atoms with Gasteiger partial charge in [0.25, 0.3) is 0 Å². The van der Waals surface area contributed by atoms with Crippen molar-refractivity contribution in [3.63, 3.8) is 0 Å². The zero-order valence-electron chi connectivity index (χ0n) is 19.8. The number of H-pyrrole nitrogens is 2. The third-order valence-corrected chi connectivity index (χ3v) is 5.76. The second-order valence-corrected chi connectivity index (χ2v) is 8.14. The summed E-state index contributed by atoms with van der Waals surface area (Å²) in [6.45, 7) is 1.97. The molecule has 8 rings (SSSR count). The second-order valence-electron chi connectivity index (χ2n) is 8.14. The first kappa shape index (κ1) is 22.9. The predicted octanol–water partition coefficient (Wildman–Crippen LogP) is 5.66. The van der Waals surface area contributed by atoms with Gasteiger partial charge in [-0.3, -0.25) is 0 Å². The van der Waals surface area contributed by atoms with E-state index in [9.17, 15) is 0 Å². The van der Waals surface area contributed by atoms with Crippen molar-refractivity contribution in [2.45, 2.75) is 6.42 Å². The van der Waals surface area contributed by atoms with Crippen molar-refractivity contribution in [2.24, 2.45) is 0 Å². The lowest BCUT2D eigenvalue weighted by Crippen LogP contribution is -1.98. The molecule has 8 nitrogen and oxygen atoms in total. The molecule has 0 radical (unpaired) electrons. The van der Waals surface area contributed by atoms with Crippen molar-refractivity contribution in [1.29, 1.82) is 0 Å². The van der Waals surface area contributed by atoms with Crippen LogP contribution < -0.4 is 16.0 Å². The molecule has 8 heteroatoms. The highest BCUT2D eigenvalue weighted by molar-refractivity contribution is 5.74. The molecule has 180 valence electrons. The predicted molar refractivity (Wildman–Crippen MR) is 147 cm³/mol. The molecule has 4 heterocycles. The van der Waals surface area contributed by atoms with E-state index in [0.29, 0.717) is 0 Å². The maximum atomic E-state index is 4.06. The molecular formula is C28H28N8. The molecule has 2 aromatic heterocycles. The maximum absolute atomic E-state index is 4.06. The number of fused-ring (bicyclic) bond motifs is 4. The molecule has 0 aliphatic carbocycles. The van der Waals surface area contributed by atoms with E-state index >= 15 is 0 Å². The summed E-state index contributed by atoms with van der Waals surface area (Å²) in [5.74, 6) is 0. The molecule has 5 N–H and O–H groups in total. The maximum Gasteiger partial charge on any atom is 0.112 e. The SMILES string of the molecule is c1ccc2[nH]cnc2c1.c1ccc2c(c1)CCN2.c1ccc2c(c1)NCN2.c1ccc2n[nH]nc2c1. The van der Waals surface area contributed by atoms with Crippen molar-refractivity contribution >= 4 is 39.1 Å². The monoisotopic (exact) mass is 476 g/mol. The Bertz CT molecular complexity index is 1300. The Morgan fingerprint density at radius 2 is 1.14 bits per heavy atom. The first-order valence-electron chi connectivity index (χ1n) is 11.9. The molecule has 0 bridgehead atoms. The van der Waals surface area contributed by atoms with E-state index in [0.717, 1.165) is 35.3 Å². The molecule has 0 atom stereocenters. The van der Waals surface area contributed by atoms with Crippen LogP contribution in [0.25, 0.3) is 22.1 Å². The summed E-state index contributed by atoms with van der Waals surface area (Å²) in [7, 11) is 0. The molecule has 0 saturated carbocycles. The Morgan fingerprint density at radius 3 is 1.81 bits per heavy atom. The highest BCUT2D eigenvalue weighted by Crippen LogP contribution is 2.24. The number of anilines is 3. The summed E-state index contributed by atoms with van der Waals surface area (Å²) in [6.07, 6.45) is 2.89. The Balaban J connectivity index is 0.0000000988. The van der Waals surface area contributed by atoms with Crippen LogP contribution in [0.3, 0.4) is 0 Å². The van der Waals surface area contributed by atoms with Crippen LogP contribution in [0.1, 0.15) is 5.56 Å². The normalized spacial score (nSPS) is 12.2. The third-order valence-electron chi connectivity index (χ3n) is 5.76. The van der Waals surface area contributed by atoms with Crippen molar-refractivity contribution in [3.05, 3.63) is 109 Å². The molecule has 0 fully saturated rings. The fraction of sp³-hybridized carbons (Fsp3) is 0.107. The van der Waals surface area contributed by atoms with Crippen LogP contribution in [-0.4, -0.2) is 38.6 Å². The zero-order chi connectivity index (χ0) is 24.4. The van der Waals surface area contributed by atoms with E-state index in [4.69, 9.17) is 0 Å². The third kappa shape index (κ3) is 5.79. The van der Waals surface area contributed by atoms with Gasteiger partial charge in [0, 0.05) is 12.2 Å². The number of rotatable bonds is 0. The molecule has 36 heavy (non-hydrogen) atoms. The summed E-state index contributed by atoms with van der Waals surface area (Å²) >= 11 is 0. The summed E-state index contributed by atoms with van der Waals surface area (Å²) in [5, 5.41) is 20.0. The number of hydrogen-bond acceptors (Lipinski definition) is 6. The highest BCUT2D eigenvalue weighted by atomic mass is 15.3. The van der Waals surface area contributed by atoms with E-state index < -0.39 is 0 Å². The van der Waals surface area contributed by atoms with Gasteiger partial charge in [-0.05, 0) is 54.4 Å². The topological polar surface area (TPSA) is 106 Å². The molecule has 2 aliphatic rings. The molecular weight excluding hydrogens is 448 g/mol. The van der Waals surface area contributed by atoms with Crippen LogP contribution in [0.4, 0.5) is 17.1 Å². The summed E-state index contributed by atoms with van der Waals surface area (Å²) in [5.41, 5.74) is 9.13. The molecule has 0 spiro atoms. The van der Waals surface area contributed by atoms with Crippen LogP contribution >= 0.6 is 0 Å². The number of aromatic amines is 2. The van der Waals surface area contributed by atoms with Gasteiger partial charge in [-0.1, -0.05) is 54.6 Å². The van der Waals surface area contributed by atoms with Gasteiger partial charge >= 0.3 is 0 Å². The van der Waals surface area contributed by atoms with Crippen LogP contribution in [0.5, 0.6) is 0 Å². The fourth-order valence-corrected chi connectivity index (χ4v) is 3.93. The lowest BCUT2D eigenvalue weighted by atomic mass is 10.2. The molecule has 6 aromatic rings. The lowest BCUT2D eigenvalue weighted by Gasteiger charge is -1.94. The van der Waals surface area contributed by atoms with Crippen LogP contribution in [0.2, 0.25) is 0 Å². The van der Waals surface area contributed by atoms with Crippen molar-refractivity contribution < 1.29 is 0 Å². The van der Waals surface area contributed by atoms with E-state index in [1.165, 1.54) is 29.0 Å². The molecule has 2 aliphatic heterocycles. The van der Waals surface area contributed by atoms with Gasteiger partial charge in [-0.2, -0.15) is 15.4 Å². The van der Waals surface area contributed by atoms with Crippen LogP contribution in [0.15, 0.2) is 103 Å². The Hall–Kier alpha value is -4.85. The minimum absolute atomic E-state index is 0.860. The van der Waals surface area contributed by atoms with Gasteiger partial charge in [0.15, 0.2) is 0 Å². The average molecular weight is 477 g/mol. The number of nitrogens with zero attached hydrogens (tertiary/aromatic N) is 3. The smallest absolute Gasteiger partial charge is 0.112 e. The first-order chi connectivity index (χ1) is 17.9. The van der Waals surface area contributed by atoms with Gasteiger partial charge in [0.05, 0.1) is 35.4 Å². The van der Waals surface area contributed by atoms with Crippen molar-refractivity contribution in [2.75, 3.05) is 29.2 Å². The first-order valence-corrected chi connectivity index (χ1v) is 11.9. The summed E-state index contributed by atoms with van der Waals surface area (Å²) in [4.78, 5) is 7.07. The number of para-hydroxylation sites is 7. The Morgan fingerprint density at radius 1 is 0.556 bits per heavy atom. The van der Waals surface area contributed by atoms with Gasteiger partial charge in [-0.15, -0.1) is 0 Å². The van der Waals surface area contributed by atoms with Crippen molar-refractivity contribution in [1.82, 2.24) is 25.4 Å². The Labute approximate surface area is 209 Å². The standard InChI is InChI=1S/C8H9N.C7H8N2.C7H6N2.C6H5N3/c1-2-4-8-7(3-1)5-6-9-8;2*1-2-4-7-6(3-1)8-5-9-7;1-2-4-6-5(3-1)7-9-8-6/h1-4,9H,5-6H2;1-4,8-9H,5H2;1-5H,(H,8,9);1-4H,(H,7,8,9). The second kappa shape index (κ2) is 11.5. The minimum Gasteiger partial charge on any atom is -0.384 e. The number of hydrogen-bond donors (Lipinski definition) is 5. The summed E-state index contributed by atoms with van der Waals surface area (Å²) < 4.78 is 0. The number of aromatic nitrogens is 5. The zero-order valence-corrected chi connectivity index (χ0v) is 19.8. The van der Waals surface area contributed by atoms with Gasteiger partial charge in [-0.25, -0.2) is 4.98 Å². The van der Waals surface area contributed by atoms with E-state index in [-0.39, 0.29) is 0 Å². The number of imidazole rings is 1. The highest BCUT2D eigenvalue weighted by Gasteiger charge is 2.06. The quantitative estimate of drug-likeness (QED) is 0.194. The largest absolute Gasteiger partial charge is 0.384 e. The van der Waals surface area contributed by atoms with Gasteiger partial charge < -0.3 is 20.9 Å². The number of benzene rings is 4. The van der Waals surface area contributed by atoms with E-state index in [1.807, 2.05) is 60.7 Å². The molecule has 0 unspecified atom stereocenters. The van der Waals surface area contributed by atoms with Gasteiger partial charge in [0.2, 0.25) is 0 Å². The summed E-state index contributed by atoms with van der Waals surface area (Å²) in [6, 6.07) is 32.3. The fourth-order valence-electron chi connectivity index (χ4n) is 3.93. The van der Waals surface area contributed by atoms with Gasteiger partial charge in [0.1, 0.15) is 11.0 Å². The van der Waals surface area contributed by atoms with Crippen LogP contribution in [0, 0.1) is 0 Å². The number of nitrogens with one attached hydrogen (secondary N) is 5.